The van der Waals surface area contributed by atoms with Crippen molar-refractivity contribution in [1.82, 2.24) is 15.1 Å². The van der Waals surface area contributed by atoms with Crippen LogP contribution in [0.15, 0.2) is 0 Å². The molecule has 1 N–H and O–H groups in total. The molecule has 0 aromatic carbocycles. The van der Waals surface area contributed by atoms with Gasteiger partial charge in [-0.3, -0.25) is 4.79 Å². The van der Waals surface area contributed by atoms with Gasteiger partial charge in [-0.2, -0.15) is 0 Å². The number of likely N-dealkylation sites (tertiary alicyclic amines) is 1. The minimum atomic E-state index is 0.240. The highest BCUT2D eigenvalue weighted by Crippen LogP contribution is 2.28. The maximum Gasteiger partial charge on any atom is 0.223 e. The van der Waals surface area contributed by atoms with Gasteiger partial charge in [0.1, 0.15) is 0 Å². The van der Waals surface area contributed by atoms with Gasteiger partial charge in [0.05, 0.1) is 0 Å². The number of rotatable bonds is 6. The third-order valence-electron chi connectivity index (χ3n) is 4.12. The van der Waals surface area contributed by atoms with Crippen LogP contribution in [0.1, 0.15) is 32.1 Å². The quantitative estimate of drug-likeness (QED) is 0.765. The highest BCUT2D eigenvalue weighted by atomic mass is 16.2. The summed E-state index contributed by atoms with van der Waals surface area (Å²) in [6, 6.07) is 0.714. The second-order valence-electron chi connectivity index (χ2n) is 6.01. The van der Waals surface area contributed by atoms with Crippen molar-refractivity contribution in [3.63, 3.8) is 0 Å². The molecule has 1 heterocycles. The second-order valence-corrected chi connectivity index (χ2v) is 6.01. The molecule has 1 saturated carbocycles. The highest BCUT2D eigenvalue weighted by molar-refractivity contribution is 5.75. The van der Waals surface area contributed by atoms with Crippen LogP contribution in [-0.2, 0) is 4.79 Å². The first-order valence-corrected chi connectivity index (χ1v) is 7.31. The molecule has 1 amide bonds. The molecule has 4 nitrogen and oxygen atoms in total. The zero-order valence-electron chi connectivity index (χ0n) is 11.8. The van der Waals surface area contributed by atoms with E-state index < -0.39 is 0 Å². The Morgan fingerprint density at radius 2 is 1.89 bits per heavy atom. The second kappa shape index (κ2) is 6.53. The first-order chi connectivity index (χ1) is 8.65. The normalized spacial score (nSPS) is 22.1. The Kier molecular flexibility index (Phi) is 5.01. The predicted molar refractivity (Wildman–Crippen MR) is 73.5 cm³/mol. The molecule has 0 bridgehead atoms. The molecular formula is C14H27N3O. The van der Waals surface area contributed by atoms with E-state index in [1.807, 2.05) is 14.1 Å². The summed E-state index contributed by atoms with van der Waals surface area (Å²) in [6.45, 7) is 4.43. The molecule has 0 radical (unpaired) electrons. The molecule has 2 aliphatic rings. The van der Waals surface area contributed by atoms with Crippen molar-refractivity contribution in [2.24, 2.45) is 5.92 Å². The highest BCUT2D eigenvalue weighted by Gasteiger charge is 2.24. The summed E-state index contributed by atoms with van der Waals surface area (Å²) < 4.78 is 0. The molecule has 1 aliphatic heterocycles. The number of piperidine rings is 1. The van der Waals surface area contributed by atoms with E-state index >= 15 is 0 Å². The summed E-state index contributed by atoms with van der Waals surface area (Å²) in [4.78, 5) is 15.6. The van der Waals surface area contributed by atoms with Crippen molar-refractivity contribution < 1.29 is 4.79 Å². The summed E-state index contributed by atoms with van der Waals surface area (Å²) in [5, 5.41) is 3.69. The topological polar surface area (TPSA) is 35.6 Å². The van der Waals surface area contributed by atoms with Crippen LogP contribution < -0.4 is 5.32 Å². The Hall–Kier alpha value is -0.610. The molecule has 18 heavy (non-hydrogen) atoms. The SMILES string of the molecule is CN(C)C(=O)CCN1CCC(NCC2CC2)CC1. The lowest BCUT2D eigenvalue weighted by Crippen LogP contribution is -2.44. The number of hydrogen-bond donors (Lipinski definition) is 1. The van der Waals surface area contributed by atoms with E-state index in [4.69, 9.17) is 0 Å². The summed E-state index contributed by atoms with van der Waals surface area (Å²) in [5.74, 6) is 1.21. The first kappa shape index (κ1) is 13.8. The molecule has 2 rings (SSSR count). The Bertz CT molecular complexity index is 268. The molecule has 0 atom stereocenters. The van der Waals surface area contributed by atoms with Gasteiger partial charge in [0.15, 0.2) is 0 Å². The fourth-order valence-corrected chi connectivity index (χ4v) is 2.49. The van der Waals surface area contributed by atoms with E-state index in [-0.39, 0.29) is 5.91 Å². The molecule has 0 spiro atoms. The van der Waals surface area contributed by atoms with Gasteiger partial charge in [-0.15, -0.1) is 0 Å². The van der Waals surface area contributed by atoms with Gasteiger partial charge in [0, 0.05) is 33.1 Å². The number of amides is 1. The molecule has 0 aromatic rings. The maximum atomic E-state index is 11.5. The number of carbonyl (C=O) groups excluding carboxylic acids is 1. The zero-order valence-corrected chi connectivity index (χ0v) is 11.8. The van der Waals surface area contributed by atoms with E-state index in [1.54, 1.807) is 4.90 Å². The molecule has 1 aliphatic carbocycles. The van der Waals surface area contributed by atoms with Gasteiger partial charge in [0.2, 0.25) is 5.91 Å². The van der Waals surface area contributed by atoms with Crippen LogP contribution in [-0.4, -0.2) is 62.0 Å². The predicted octanol–water partition coefficient (Wildman–Crippen LogP) is 0.929. The minimum Gasteiger partial charge on any atom is -0.349 e. The lowest BCUT2D eigenvalue weighted by molar-refractivity contribution is -0.129. The van der Waals surface area contributed by atoms with Crippen LogP contribution in [0.3, 0.4) is 0 Å². The zero-order chi connectivity index (χ0) is 13.0. The van der Waals surface area contributed by atoms with Gasteiger partial charge in [-0.25, -0.2) is 0 Å². The Balaban J connectivity index is 1.56. The summed E-state index contributed by atoms with van der Waals surface area (Å²) in [6.07, 6.45) is 6.00. The fraction of sp³-hybridized carbons (Fsp3) is 0.929. The molecule has 2 fully saturated rings. The minimum absolute atomic E-state index is 0.240. The lowest BCUT2D eigenvalue weighted by Gasteiger charge is -2.32. The van der Waals surface area contributed by atoms with E-state index in [0.29, 0.717) is 12.5 Å². The van der Waals surface area contributed by atoms with Crippen LogP contribution in [0.5, 0.6) is 0 Å². The van der Waals surface area contributed by atoms with Crippen LogP contribution >= 0.6 is 0 Å². The monoisotopic (exact) mass is 253 g/mol. The number of nitrogens with one attached hydrogen (secondary N) is 1. The lowest BCUT2D eigenvalue weighted by atomic mass is 10.0. The average molecular weight is 253 g/mol. The van der Waals surface area contributed by atoms with Crippen LogP contribution in [0.4, 0.5) is 0 Å². The third-order valence-corrected chi connectivity index (χ3v) is 4.12. The van der Waals surface area contributed by atoms with Gasteiger partial charge < -0.3 is 15.1 Å². The maximum absolute atomic E-state index is 11.5. The fourth-order valence-electron chi connectivity index (χ4n) is 2.49. The standard InChI is InChI=1S/C14H27N3O/c1-16(2)14(18)7-10-17-8-5-13(6-9-17)15-11-12-3-4-12/h12-13,15H,3-11H2,1-2H3. The Morgan fingerprint density at radius 3 is 2.44 bits per heavy atom. The molecule has 0 unspecified atom stereocenters. The van der Waals surface area contributed by atoms with Gasteiger partial charge in [-0.05, 0) is 51.2 Å². The van der Waals surface area contributed by atoms with Crippen molar-refractivity contribution >= 4 is 5.91 Å². The number of carbonyl (C=O) groups is 1. The van der Waals surface area contributed by atoms with Gasteiger partial charge >= 0.3 is 0 Å². The van der Waals surface area contributed by atoms with Crippen molar-refractivity contribution in [1.29, 1.82) is 0 Å². The van der Waals surface area contributed by atoms with Crippen molar-refractivity contribution in [3.05, 3.63) is 0 Å². The van der Waals surface area contributed by atoms with Crippen LogP contribution in [0.25, 0.3) is 0 Å². The average Bonchev–Trinajstić information content (AvgIpc) is 3.18. The summed E-state index contributed by atoms with van der Waals surface area (Å²) in [7, 11) is 3.66. The third kappa shape index (κ3) is 4.58. The van der Waals surface area contributed by atoms with Crippen molar-refractivity contribution in [2.75, 3.05) is 40.3 Å². The number of nitrogens with zero attached hydrogens (tertiary/aromatic N) is 2. The van der Waals surface area contributed by atoms with E-state index in [9.17, 15) is 4.79 Å². The van der Waals surface area contributed by atoms with E-state index in [0.717, 1.165) is 25.6 Å². The smallest absolute Gasteiger partial charge is 0.223 e. The molecular weight excluding hydrogens is 226 g/mol. The first-order valence-electron chi connectivity index (χ1n) is 7.31. The Labute approximate surface area is 111 Å². The molecule has 1 saturated heterocycles. The van der Waals surface area contributed by atoms with Crippen molar-refractivity contribution in [2.45, 2.75) is 38.1 Å². The molecule has 0 aromatic heterocycles. The summed E-state index contributed by atoms with van der Waals surface area (Å²) in [5.41, 5.74) is 0. The Morgan fingerprint density at radius 1 is 1.22 bits per heavy atom. The van der Waals surface area contributed by atoms with Gasteiger partial charge in [-0.1, -0.05) is 0 Å². The largest absolute Gasteiger partial charge is 0.349 e. The van der Waals surface area contributed by atoms with Crippen molar-refractivity contribution in [3.8, 4) is 0 Å². The van der Waals surface area contributed by atoms with Crippen LogP contribution in [0, 0.1) is 5.92 Å². The number of hydrogen-bond acceptors (Lipinski definition) is 3. The van der Waals surface area contributed by atoms with Crippen LogP contribution in [0.2, 0.25) is 0 Å². The summed E-state index contributed by atoms with van der Waals surface area (Å²) >= 11 is 0. The van der Waals surface area contributed by atoms with E-state index in [2.05, 4.69) is 10.2 Å². The molecule has 4 heteroatoms. The van der Waals surface area contributed by atoms with E-state index in [1.165, 1.54) is 32.2 Å². The molecule has 104 valence electrons. The van der Waals surface area contributed by atoms with Gasteiger partial charge in [0.25, 0.3) is 0 Å².